The first-order valence-electron chi connectivity index (χ1n) is 14.4. The van der Waals surface area contributed by atoms with Gasteiger partial charge in [-0.2, -0.15) is 5.09 Å². The van der Waals surface area contributed by atoms with E-state index in [1.807, 2.05) is 60.7 Å². The van der Waals surface area contributed by atoms with Gasteiger partial charge in [0, 0.05) is 11.8 Å². The van der Waals surface area contributed by atoms with Crippen molar-refractivity contribution in [3.8, 4) is 5.75 Å². The molecule has 3 aromatic carbocycles. The normalized spacial score (nSPS) is 20.2. The predicted octanol–water partition coefficient (Wildman–Crippen LogP) is 4.44. The van der Waals surface area contributed by atoms with Gasteiger partial charge in [-0.1, -0.05) is 66.7 Å². The lowest BCUT2D eigenvalue weighted by Crippen LogP contribution is -2.37. The lowest BCUT2D eigenvalue weighted by atomic mass is 10.1. The zero-order chi connectivity index (χ0) is 31.6. The Balaban J connectivity index is 1.26. The van der Waals surface area contributed by atoms with E-state index in [4.69, 9.17) is 24.3 Å². The van der Waals surface area contributed by atoms with E-state index in [2.05, 4.69) is 20.0 Å². The van der Waals surface area contributed by atoms with Gasteiger partial charge >= 0.3 is 13.7 Å². The van der Waals surface area contributed by atoms with Crippen LogP contribution in [0.1, 0.15) is 31.0 Å². The lowest BCUT2D eigenvalue weighted by Gasteiger charge is -2.27. The van der Waals surface area contributed by atoms with Crippen LogP contribution in [0, 0.1) is 6.92 Å². The summed E-state index contributed by atoms with van der Waals surface area (Å²) in [5.74, 6) is 0.316. The number of hydrogen-bond acceptors (Lipinski definition) is 11. The molecule has 234 valence electrons. The number of carbonyl (C=O) groups excluding carboxylic acids is 1. The molecule has 1 fully saturated rings. The smallest absolute Gasteiger partial charge is 0.459 e. The quantitative estimate of drug-likeness (QED) is 0.138. The first-order chi connectivity index (χ1) is 21.7. The van der Waals surface area contributed by atoms with Crippen LogP contribution in [0.5, 0.6) is 5.75 Å². The summed E-state index contributed by atoms with van der Waals surface area (Å²) >= 11 is 0. The summed E-state index contributed by atoms with van der Waals surface area (Å²) in [5, 5.41) is 14.5. The average molecular weight is 633 g/mol. The van der Waals surface area contributed by atoms with E-state index in [9.17, 15) is 14.5 Å². The number of imidazole rings is 1. The van der Waals surface area contributed by atoms with Crippen LogP contribution in [0.15, 0.2) is 79.1 Å². The van der Waals surface area contributed by atoms with Gasteiger partial charge in [-0.3, -0.25) is 13.9 Å². The van der Waals surface area contributed by atoms with Crippen LogP contribution in [0.2, 0.25) is 0 Å². The van der Waals surface area contributed by atoms with Crippen LogP contribution < -0.4 is 15.3 Å². The molecule has 0 aliphatic carbocycles. The second-order valence-corrected chi connectivity index (χ2v) is 12.3. The predicted molar refractivity (Wildman–Crippen MR) is 166 cm³/mol. The number of aryl methyl sites for hydroxylation is 1. The van der Waals surface area contributed by atoms with Crippen LogP contribution in [0.4, 0.5) is 5.82 Å². The molecule has 0 bridgehead atoms. The topological polar surface area (TPSA) is 173 Å². The number of hydrogen-bond donors (Lipinski definition) is 3. The first kappa shape index (κ1) is 30.6. The fraction of sp³-hybridized carbons (Fsp3) is 0.290. The van der Waals surface area contributed by atoms with Crippen molar-refractivity contribution in [1.82, 2.24) is 24.6 Å². The number of nitrogens with zero attached hydrogens (tertiary/aromatic N) is 4. The first-order valence-corrected chi connectivity index (χ1v) is 15.9. The van der Waals surface area contributed by atoms with Crippen molar-refractivity contribution < 1.29 is 33.0 Å². The number of nitrogen functional groups attached to an aromatic ring is 1. The Labute approximate surface area is 258 Å². The van der Waals surface area contributed by atoms with Gasteiger partial charge in [0.15, 0.2) is 11.5 Å². The molecule has 4 N–H and O–H groups in total. The SMILES string of the molecule is Cc1nc(N)c2ncn([C@H]3C[C@@H](OP(=O)(N[C@@H](C)C(=O)OCc4ccccc4)Oc4cccc5ccccc45)[C@@H](CO)O3)c2n1. The molecule has 13 nitrogen and oxygen atoms in total. The number of fused-ring (bicyclic) bond motifs is 2. The van der Waals surface area contributed by atoms with Crippen molar-refractivity contribution in [2.24, 2.45) is 0 Å². The number of aliphatic hydroxyl groups is 1. The van der Waals surface area contributed by atoms with Gasteiger partial charge in [0.25, 0.3) is 0 Å². The molecular formula is C31H33N6O7P. The summed E-state index contributed by atoms with van der Waals surface area (Å²) in [7, 11) is -4.33. The molecule has 2 aromatic heterocycles. The van der Waals surface area contributed by atoms with E-state index in [-0.39, 0.29) is 24.6 Å². The van der Waals surface area contributed by atoms with Gasteiger partial charge in [0.1, 0.15) is 48.2 Å². The molecule has 0 spiro atoms. The second-order valence-electron chi connectivity index (χ2n) is 10.7. The van der Waals surface area contributed by atoms with E-state index in [1.54, 1.807) is 23.6 Å². The Bertz CT molecular complexity index is 1860. The summed E-state index contributed by atoms with van der Waals surface area (Å²) < 4.78 is 40.1. The van der Waals surface area contributed by atoms with Crippen LogP contribution in [-0.4, -0.2) is 55.5 Å². The summed E-state index contributed by atoms with van der Waals surface area (Å²) in [6, 6.07) is 20.9. The average Bonchev–Trinajstić information content (AvgIpc) is 3.64. The highest BCUT2D eigenvalue weighted by molar-refractivity contribution is 7.52. The highest BCUT2D eigenvalue weighted by atomic mass is 31.2. The minimum absolute atomic E-state index is 0.0399. The Kier molecular flexibility index (Phi) is 8.79. The molecule has 3 heterocycles. The van der Waals surface area contributed by atoms with Gasteiger partial charge in [0.2, 0.25) is 0 Å². The summed E-state index contributed by atoms with van der Waals surface area (Å²) in [5.41, 5.74) is 7.70. The highest BCUT2D eigenvalue weighted by Gasteiger charge is 2.44. The van der Waals surface area contributed by atoms with E-state index < -0.39 is 44.8 Å². The molecule has 1 aliphatic heterocycles. The van der Waals surface area contributed by atoms with Crippen molar-refractivity contribution >= 4 is 41.5 Å². The summed E-state index contributed by atoms with van der Waals surface area (Å²) in [6.45, 7) is 2.83. The number of nitrogens with two attached hydrogens (primary N) is 1. The Morgan fingerprint density at radius 2 is 1.89 bits per heavy atom. The fourth-order valence-corrected chi connectivity index (χ4v) is 6.95. The van der Waals surface area contributed by atoms with Crippen molar-refractivity contribution in [3.05, 3.63) is 90.5 Å². The van der Waals surface area contributed by atoms with Crippen LogP contribution in [0.25, 0.3) is 21.9 Å². The third-order valence-corrected chi connectivity index (χ3v) is 9.09. The number of ether oxygens (including phenoxy) is 2. The molecule has 1 aliphatic rings. The number of aliphatic hydroxyl groups excluding tert-OH is 1. The maximum absolute atomic E-state index is 14.6. The van der Waals surface area contributed by atoms with Crippen molar-refractivity contribution in [3.63, 3.8) is 0 Å². The Morgan fingerprint density at radius 3 is 2.69 bits per heavy atom. The summed E-state index contributed by atoms with van der Waals surface area (Å²) in [6.07, 6.45) is -0.828. The molecule has 1 saturated heterocycles. The van der Waals surface area contributed by atoms with Gasteiger partial charge in [0.05, 0.1) is 12.9 Å². The molecule has 6 rings (SSSR count). The number of carbonyl (C=O) groups is 1. The minimum Gasteiger partial charge on any atom is -0.460 e. The number of anilines is 1. The van der Waals surface area contributed by atoms with E-state index >= 15 is 0 Å². The number of rotatable bonds is 11. The van der Waals surface area contributed by atoms with Gasteiger partial charge in [-0.25, -0.2) is 19.5 Å². The Morgan fingerprint density at radius 1 is 1.13 bits per heavy atom. The number of esters is 1. The molecule has 0 radical (unpaired) electrons. The molecule has 14 heteroatoms. The monoisotopic (exact) mass is 632 g/mol. The maximum atomic E-state index is 14.6. The van der Waals surface area contributed by atoms with E-state index in [0.29, 0.717) is 22.4 Å². The molecule has 0 saturated carbocycles. The molecule has 5 aromatic rings. The fourth-order valence-electron chi connectivity index (χ4n) is 5.21. The number of nitrogens with one attached hydrogen (secondary N) is 1. The van der Waals surface area contributed by atoms with Crippen molar-refractivity contribution in [2.75, 3.05) is 12.3 Å². The molecule has 5 atom stereocenters. The van der Waals surface area contributed by atoms with Crippen molar-refractivity contribution in [2.45, 2.75) is 51.4 Å². The Hall–Kier alpha value is -4.39. The van der Waals surface area contributed by atoms with Gasteiger partial charge in [-0.15, -0.1) is 0 Å². The van der Waals surface area contributed by atoms with Crippen molar-refractivity contribution in [1.29, 1.82) is 0 Å². The van der Waals surface area contributed by atoms with Crippen LogP contribution >= 0.6 is 7.75 Å². The molecule has 1 unspecified atom stereocenters. The standard InChI is InChI=1S/C31H33N6O7P/c1-19(31(39)41-17-21-9-4-3-5-10-21)36-45(40,43-24-14-8-12-22-11-6-7-13-23(22)24)44-25-15-27(42-26(25)16-38)37-18-33-28-29(32)34-20(2)35-30(28)37/h3-14,18-19,25-27,38H,15-17H2,1-2H3,(H,36,40)(H2,32,34,35)/t19-,25+,26+,27+,45?/m0/s1. The third kappa shape index (κ3) is 6.68. The molecule has 0 amide bonds. The maximum Gasteiger partial charge on any atom is 0.459 e. The third-order valence-electron chi connectivity index (χ3n) is 7.40. The molecular weight excluding hydrogens is 599 g/mol. The largest absolute Gasteiger partial charge is 0.460 e. The van der Waals surface area contributed by atoms with E-state index in [0.717, 1.165) is 10.9 Å². The lowest BCUT2D eigenvalue weighted by molar-refractivity contribution is -0.146. The number of benzene rings is 3. The van der Waals surface area contributed by atoms with Gasteiger partial charge in [-0.05, 0) is 30.9 Å². The summed E-state index contributed by atoms with van der Waals surface area (Å²) in [4.78, 5) is 25.9. The number of aromatic nitrogens is 4. The zero-order valence-electron chi connectivity index (χ0n) is 24.6. The highest BCUT2D eigenvalue weighted by Crippen LogP contribution is 2.50. The second kappa shape index (κ2) is 12.9. The van der Waals surface area contributed by atoms with Crippen LogP contribution in [0.3, 0.4) is 0 Å². The zero-order valence-corrected chi connectivity index (χ0v) is 25.5. The molecule has 45 heavy (non-hydrogen) atoms. The van der Waals surface area contributed by atoms with E-state index in [1.165, 1.54) is 13.3 Å². The van der Waals surface area contributed by atoms with Gasteiger partial charge < -0.3 is 24.8 Å². The van der Waals surface area contributed by atoms with Crippen LogP contribution in [-0.2, 0) is 30.0 Å². The minimum atomic E-state index is -4.33.